The molecule has 0 aliphatic rings. The summed E-state index contributed by atoms with van der Waals surface area (Å²) in [4.78, 5) is 17.7. The Kier molecular flexibility index (Phi) is 6.25. The second-order valence-corrected chi connectivity index (χ2v) is 8.18. The number of nitrogens with zero attached hydrogens (tertiary/aromatic N) is 1. The number of aromatic nitrogens is 1. The van der Waals surface area contributed by atoms with Crippen LogP contribution in [0.2, 0.25) is 0 Å². The molecule has 5 heteroatoms. The van der Waals surface area contributed by atoms with Crippen LogP contribution >= 0.6 is 11.8 Å². The first-order valence-corrected chi connectivity index (χ1v) is 10.3. The van der Waals surface area contributed by atoms with Gasteiger partial charge >= 0.3 is 0 Å². The van der Waals surface area contributed by atoms with Gasteiger partial charge in [0.05, 0.1) is 17.4 Å². The van der Waals surface area contributed by atoms with Crippen molar-refractivity contribution in [3.05, 3.63) is 59.2 Å². The van der Waals surface area contributed by atoms with Crippen molar-refractivity contribution in [2.24, 2.45) is 0 Å². The highest BCUT2D eigenvalue weighted by molar-refractivity contribution is 8.00. The van der Waals surface area contributed by atoms with Crippen LogP contribution < -0.4 is 10.1 Å². The van der Waals surface area contributed by atoms with Crippen LogP contribution in [0.25, 0.3) is 10.9 Å². The van der Waals surface area contributed by atoms with E-state index in [9.17, 15) is 4.79 Å². The van der Waals surface area contributed by atoms with Crippen molar-refractivity contribution in [3.63, 3.8) is 0 Å². The standard InChI is InChI=1S/C23H26N2O2S/c1-6-20(23(26)24-18-12-14(2)10-11-15(18)3)28-21-13-16(4)17-8-7-9-19(27-5)22(17)25-21/h7-13,20H,6H2,1-5H3,(H,24,26). The highest BCUT2D eigenvalue weighted by atomic mass is 32.2. The summed E-state index contributed by atoms with van der Waals surface area (Å²) in [6.45, 7) is 8.11. The lowest BCUT2D eigenvalue weighted by molar-refractivity contribution is -0.115. The number of pyridine rings is 1. The largest absolute Gasteiger partial charge is 0.494 e. The molecule has 0 radical (unpaired) electrons. The summed E-state index contributed by atoms with van der Waals surface area (Å²) in [7, 11) is 1.65. The Hall–Kier alpha value is -2.53. The van der Waals surface area contributed by atoms with E-state index in [0.29, 0.717) is 6.42 Å². The van der Waals surface area contributed by atoms with E-state index in [1.165, 1.54) is 11.8 Å². The summed E-state index contributed by atoms with van der Waals surface area (Å²) >= 11 is 1.50. The van der Waals surface area contributed by atoms with Gasteiger partial charge in [-0.1, -0.05) is 43.0 Å². The Morgan fingerprint density at radius 1 is 1.14 bits per heavy atom. The van der Waals surface area contributed by atoms with Crippen molar-refractivity contribution in [3.8, 4) is 5.75 Å². The number of para-hydroxylation sites is 1. The van der Waals surface area contributed by atoms with Gasteiger partial charge in [-0.15, -0.1) is 0 Å². The van der Waals surface area contributed by atoms with Crippen molar-refractivity contribution in [1.29, 1.82) is 0 Å². The fraction of sp³-hybridized carbons (Fsp3) is 0.304. The Morgan fingerprint density at radius 3 is 2.64 bits per heavy atom. The Balaban J connectivity index is 1.86. The molecule has 1 unspecified atom stereocenters. The lowest BCUT2D eigenvalue weighted by Gasteiger charge is -2.17. The number of ether oxygens (including phenoxy) is 1. The molecule has 28 heavy (non-hydrogen) atoms. The van der Waals surface area contributed by atoms with E-state index >= 15 is 0 Å². The highest BCUT2D eigenvalue weighted by Gasteiger charge is 2.20. The van der Waals surface area contributed by atoms with Gasteiger partial charge in [-0.05, 0) is 62.1 Å². The zero-order valence-electron chi connectivity index (χ0n) is 17.0. The summed E-state index contributed by atoms with van der Waals surface area (Å²) in [5.74, 6) is 0.747. The number of amides is 1. The number of thioether (sulfide) groups is 1. The molecule has 2 aromatic carbocycles. The molecule has 1 N–H and O–H groups in total. The average molecular weight is 395 g/mol. The van der Waals surface area contributed by atoms with E-state index in [1.54, 1.807) is 7.11 Å². The Bertz CT molecular complexity index is 1020. The van der Waals surface area contributed by atoms with Gasteiger partial charge in [0.25, 0.3) is 0 Å². The number of anilines is 1. The molecule has 0 aliphatic carbocycles. The smallest absolute Gasteiger partial charge is 0.237 e. The highest BCUT2D eigenvalue weighted by Crippen LogP contribution is 2.32. The third-order valence-electron chi connectivity index (χ3n) is 4.78. The van der Waals surface area contributed by atoms with Crippen LogP contribution in [0.1, 0.15) is 30.0 Å². The molecule has 0 spiro atoms. The Morgan fingerprint density at radius 2 is 1.93 bits per heavy atom. The average Bonchev–Trinajstić information content (AvgIpc) is 2.68. The summed E-state index contributed by atoms with van der Waals surface area (Å²) in [6.07, 6.45) is 0.714. The topological polar surface area (TPSA) is 51.2 Å². The molecule has 1 atom stereocenters. The van der Waals surface area contributed by atoms with Crippen LogP contribution in [-0.4, -0.2) is 23.3 Å². The van der Waals surface area contributed by atoms with Gasteiger partial charge in [0, 0.05) is 11.1 Å². The van der Waals surface area contributed by atoms with Crippen LogP contribution in [0, 0.1) is 20.8 Å². The fourth-order valence-corrected chi connectivity index (χ4v) is 4.15. The maximum Gasteiger partial charge on any atom is 0.237 e. The van der Waals surface area contributed by atoms with Crippen LogP contribution in [0.15, 0.2) is 47.5 Å². The maximum atomic E-state index is 12.9. The number of hydrogen-bond donors (Lipinski definition) is 1. The fourth-order valence-electron chi connectivity index (χ4n) is 3.14. The number of fused-ring (bicyclic) bond motifs is 1. The number of aryl methyl sites for hydroxylation is 3. The van der Waals surface area contributed by atoms with Gasteiger partial charge in [-0.3, -0.25) is 4.79 Å². The molecule has 0 aliphatic heterocycles. The minimum absolute atomic E-state index is 0.000719. The summed E-state index contributed by atoms with van der Waals surface area (Å²) in [5, 5.41) is 4.76. The van der Waals surface area contributed by atoms with E-state index in [0.717, 1.165) is 44.1 Å². The molecule has 1 amide bonds. The minimum atomic E-state index is -0.223. The summed E-state index contributed by atoms with van der Waals surface area (Å²) < 4.78 is 5.47. The van der Waals surface area contributed by atoms with Crippen molar-refractivity contribution in [2.75, 3.05) is 12.4 Å². The van der Waals surface area contributed by atoms with E-state index in [-0.39, 0.29) is 11.2 Å². The number of carbonyl (C=O) groups is 1. The van der Waals surface area contributed by atoms with E-state index in [4.69, 9.17) is 9.72 Å². The first kappa shape index (κ1) is 20.2. The summed E-state index contributed by atoms with van der Waals surface area (Å²) in [6, 6.07) is 14.0. The van der Waals surface area contributed by atoms with Crippen molar-refractivity contribution < 1.29 is 9.53 Å². The van der Waals surface area contributed by atoms with Crippen molar-refractivity contribution in [1.82, 2.24) is 4.98 Å². The predicted octanol–water partition coefficient (Wildman–Crippen LogP) is 5.68. The minimum Gasteiger partial charge on any atom is -0.494 e. The molecule has 1 aromatic heterocycles. The molecule has 0 fully saturated rings. The van der Waals surface area contributed by atoms with Gasteiger partial charge < -0.3 is 10.1 Å². The van der Waals surface area contributed by atoms with Gasteiger partial charge in [0.1, 0.15) is 11.3 Å². The predicted molar refractivity (Wildman–Crippen MR) is 118 cm³/mol. The maximum absolute atomic E-state index is 12.9. The molecule has 4 nitrogen and oxygen atoms in total. The molecule has 146 valence electrons. The van der Waals surface area contributed by atoms with E-state index < -0.39 is 0 Å². The normalized spacial score (nSPS) is 12.0. The first-order valence-electron chi connectivity index (χ1n) is 9.42. The van der Waals surface area contributed by atoms with E-state index in [1.807, 2.05) is 63.2 Å². The molecule has 0 saturated carbocycles. The van der Waals surface area contributed by atoms with Crippen LogP contribution in [0.4, 0.5) is 5.69 Å². The van der Waals surface area contributed by atoms with Crippen LogP contribution in [0.5, 0.6) is 5.75 Å². The number of hydrogen-bond acceptors (Lipinski definition) is 4. The third kappa shape index (κ3) is 4.30. The lowest BCUT2D eigenvalue weighted by Crippen LogP contribution is -2.25. The van der Waals surface area contributed by atoms with Crippen molar-refractivity contribution in [2.45, 2.75) is 44.4 Å². The lowest BCUT2D eigenvalue weighted by atomic mass is 10.1. The zero-order chi connectivity index (χ0) is 20.3. The molecule has 3 aromatic rings. The quantitative estimate of drug-likeness (QED) is 0.547. The first-order chi connectivity index (χ1) is 13.4. The monoisotopic (exact) mass is 394 g/mol. The zero-order valence-corrected chi connectivity index (χ0v) is 17.8. The number of benzene rings is 2. The van der Waals surface area contributed by atoms with Gasteiger partial charge in [0.2, 0.25) is 5.91 Å². The third-order valence-corrected chi connectivity index (χ3v) is 6.07. The van der Waals surface area contributed by atoms with Gasteiger partial charge in [-0.2, -0.15) is 0 Å². The molecule has 0 bridgehead atoms. The SMILES string of the molecule is CCC(Sc1cc(C)c2cccc(OC)c2n1)C(=O)Nc1cc(C)ccc1C. The number of rotatable bonds is 6. The number of methoxy groups -OCH3 is 1. The number of nitrogens with one attached hydrogen (secondary N) is 1. The molecule has 1 heterocycles. The summed E-state index contributed by atoms with van der Waals surface area (Å²) in [5.41, 5.74) is 5.01. The van der Waals surface area contributed by atoms with Crippen molar-refractivity contribution >= 4 is 34.3 Å². The Labute approximate surface area is 170 Å². The van der Waals surface area contributed by atoms with Crippen LogP contribution in [0.3, 0.4) is 0 Å². The number of carbonyl (C=O) groups excluding carboxylic acids is 1. The van der Waals surface area contributed by atoms with Gasteiger partial charge in [0.15, 0.2) is 0 Å². The molecule has 0 saturated heterocycles. The van der Waals surface area contributed by atoms with Gasteiger partial charge in [-0.25, -0.2) is 4.98 Å². The second-order valence-electron chi connectivity index (χ2n) is 6.96. The van der Waals surface area contributed by atoms with Crippen LogP contribution in [-0.2, 0) is 4.79 Å². The molecular weight excluding hydrogens is 368 g/mol. The second kappa shape index (κ2) is 8.65. The molecule has 3 rings (SSSR count). The molecular formula is C23H26N2O2S. The van der Waals surface area contributed by atoms with E-state index in [2.05, 4.69) is 12.2 Å².